The molecule has 0 radical (unpaired) electrons. The third-order valence-corrected chi connectivity index (χ3v) is 3.44. The van der Waals surface area contributed by atoms with Gasteiger partial charge in [-0.15, -0.1) is 0 Å². The first kappa shape index (κ1) is 19.4. The van der Waals surface area contributed by atoms with Gasteiger partial charge in [0.05, 0.1) is 6.61 Å². The summed E-state index contributed by atoms with van der Waals surface area (Å²) in [6, 6.07) is 6.91. The summed E-state index contributed by atoms with van der Waals surface area (Å²) in [6.45, 7) is 4.39. The second-order valence-corrected chi connectivity index (χ2v) is 6.10. The van der Waals surface area contributed by atoms with Gasteiger partial charge in [-0.25, -0.2) is 9.18 Å². The van der Waals surface area contributed by atoms with E-state index in [-0.39, 0.29) is 29.4 Å². The van der Waals surface area contributed by atoms with Crippen molar-refractivity contribution >= 4 is 12.0 Å². The van der Waals surface area contributed by atoms with Crippen molar-refractivity contribution in [3.05, 3.63) is 70.0 Å². The topological polar surface area (TPSA) is 65.7 Å². The Morgan fingerprint density at radius 1 is 1.27 bits per heavy atom. The van der Waals surface area contributed by atoms with Crippen LogP contribution in [-0.4, -0.2) is 12.6 Å². The third kappa shape index (κ3) is 6.55. The van der Waals surface area contributed by atoms with Crippen LogP contribution >= 0.6 is 0 Å². The lowest BCUT2D eigenvalue weighted by Crippen LogP contribution is -2.11. The molecule has 0 aliphatic carbocycles. The standard InChI is InChI=1S/C20H21FO5/c1-14(2)9-10-24-19-13-25-17(11-18(19)22)12-26-20(23)8-5-15-3-6-16(21)7-4-15/h3-8,11,13-14H,9-10,12H2,1-2H3/b8-5+. The SMILES string of the molecule is CC(C)CCOc1coc(COC(=O)/C=C/c2ccc(F)cc2)cc1=O. The summed E-state index contributed by atoms with van der Waals surface area (Å²) in [5, 5.41) is 0. The van der Waals surface area contributed by atoms with Gasteiger partial charge in [-0.1, -0.05) is 26.0 Å². The van der Waals surface area contributed by atoms with Crippen LogP contribution < -0.4 is 10.2 Å². The molecule has 1 heterocycles. The quantitative estimate of drug-likeness (QED) is 0.527. The van der Waals surface area contributed by atoms with Crippen LogP contribution in [0.25, 0.3) is 6.08 Å². The fraction of sp³-hybridized carbons (Fsp3) is 0.300. The van der Waals surface area contributed by atoms with Crippen molar-refractivity contribution in [3.8, 4) is 5.75 Å². The fourth-order valence-electron chi connectivity index (χ4n) is 1.95. The van der Waals surface area contributed by atoms with Gasteiger partial charge in [0.1, 0.15) is 24.4 Å². The molecule has 0 saturated carbocycles. The Kier molecular flexibility index (Phi) is 7.14. The molecule has 5 nitrogen and oxygen atoms in total. The molecular formula is C20H21FO5. The summed E-state index contributed by atoms with van der Waals surface area (Å²) in [4.78, 5) is 23.6. The lowest BCUT2D eigenvalue weighted by molar-refractivity contribution is -0.139. The minimum absolute atomic E-state index is 0.136. The molecule has 0 aliphatic rings. The molecule has 1 aromatic carbocycles. The van der Waals surface area contributed by atoms with Crippen LogP contribution in [0.3, 0.4) is 0 Å². The lowest BCUT2D eigenvalue weighted by Gasteiger charge is -2.07. The molecular weight excluding hydrogens is 339 g/mol. The van der Waals surface area contributed by atoms with Crippen LogP contribution in [0, 0.1) is 11.7 Å². The Labute approximate surface area is 151 Å². The van der Waals surface area contributed by atoms with E-state index in [0.29, 0.717) is 18.1 Å². The molecule has 0 bridgehead atoms. The zero-order valence-electron chi connectivity index (χ0n) is 14.7. The molecule has 6 heteroatoms. The van der Waals surface area contributed by atoms with Crippen LogP contribution in [0.5, 0.6) is 5.75 Å². The van der Waals surface area contributed by atoms with Gasteiger partial charge in [0, 0.05) is 12.1 Å². The summed E-state index contributed by atoms with van der Waals surface area (Å²) < 4.78 is 28.4. The van der Waals surface area contributed by atoms with Gasteiger partial charge in [-0.2, -0.15) is 0 Å². The van der Waals surface area contributed by atoms with Crippen molar-refractivity contribution in [1.82, 2.24) is 0 Å². The van der Waals surface area contributed by atoms with E-state index >= 15 is 0 Å². The first-order valence-electron chi connectivity index (χ1n) is 8.29. The summed E-state index contributed by atoms with van der Waals surface area (Å²) in [7, 11) is 0. The minimum atomic E-state index is -0.603. The zero-order chi connectivity index (χ0) is 18.9. The molecule has 2 aromatic rings. The molecule has 0 amide bonds. The summed E-state index contributed by atoms with van der Waals surface area (Å²) in [5.41, 5.74) is 0.339. The predicted molar refractivity (Wildman–Crippen MR) is 95.2 cm³/mol. The number of benzene rings is 1. The van der Waals surface area contributed by atoms with Crippen molar-refractivity contribution < 1.29 is 23.1 Å². The highest BCUT2D eigenvalue weighted by Gasteiger charge is 2.07. The number of rotatable bonds is 8. The predicted octanol–water partition coefficient (Wildman–Crippen LogP) is 3.96. The van der Waals surface area contributed by atoms with Gasteiger partial charge in [-0.05, 0) is 36.1 Å². The van der Waals surface area contributed by atoms with Gasteiger partial charge in [-0.3, -0.25) is 4.79 Å². The van der Waals surface area contributed by atoms with Crippen LogP contribution in [0.2, 0.25) is 0 Å². The first-order valence-corrected chi connectivity index (χ1v) is 8.29. The fourth-order valence-corrected chi connectivity index (χ4v) is 1.95. The molecule has 0 unspecified atom stereocenters. The highest BCUT2D eigenvalue weighted by molar-refractivity contribution is 5.86. The summed E-state index contributed by atoms with van der Waals surface area (Å²) in [6.07, 6.45) is 4.78. The minimum Gasteiger partial charge on any atom is -0.487 e. The van der Waals surface area contributed by atoms with E-state index in [1.807, 2.05) is 0 Å². The van der Waals surface area contributed by atoms with Gasteiger partial charge in [0.25, 0.3) is 0 Å². The van der Waals surface area contributed by atoms with Crippen LogP contribution in [0.1, 0.15) is 31.6 Å². The Balaban J connectivity index is 1.84. The number of hydrogen-bond donors (Lipinski definition) is 0. The van der Waals surface area contributed by atoms with Crippen molar-refractivity contribution in [1.29, 1.82) is 0 Å². The van der Waals surface area contributed by atoms with Crippen molar-refractivity contribution in [2.75, 3.05) is 6.61 Å². The first-order chi connectivity index (χ1) is 12.4. The van der Waals surface area contributed by atoms with Crippen LogP contribution in [0.4, 0.5) is 4.39 Å². The van der Waals surface area contributed by atoms with Crippen molar-refractivity contribution in [2.24, 2.45) is 5.92 Å². The highest BCUT2D eigenvalue weighted by atomic mass is 19.1. The van der Waals surface area contributed by atoms with Gasteiger partial charge >= 0.3 is 5.97 Å². The summed E-state index contributed by atoms with van der Waals surface area (Å²) >= 11 is 0. The molecule has 0 atom stereocenters. The average molecular weight is 360 g/mol. The molecule has 138 valence electrons. The normalized spacial score (nSPS) is 11.1. The maximum absolute atomic E-state index is 12.8. The van der Waals surface area contributed by atoms with Crippen LogP contribution in [-0.2, 0) is 16.1 Å². The van der Waals surface area contributed by atoms with E-state index in [9.17, 15) is 14.0 Å². The van der Waals surface area contributed by atoms with Gasteiger partial charge in [0.2, 0.25) is 11.2 Å². The highest BCUT2D eigenvalue weighted by Crippen LogP contribution is 2.09. The number of halogens is 1. The number of ether oxygens (including phenoxy) is 2. The van der Waals surface area contributed by atoms with Crippen molar-refractivity contribution in [3.63, 3.8) is 0 Å². The smallest absolute Gasteiger partial charge is 0.331 e. The maximum atomic E-state index is 12.8. The molecule has 0 spiro atoms. The maximum Gasteiger partial charge on any atom is 0.331 e. The molecule has 1 aromatic heterocycles. The second kappa shape index (κ2) is 9.56. The molecule has 0 saturated heterocycles. The molecule has 26 heavy (non-hydrogen) atoms. The Hall–Kier alpha value is -2.89. The van der Waals surface area contributed by atoms with Gasteiger partial charge in [0.15, 0.2) is 0 Å². The average Bonchev–Trinajstić information content (AvgIpc) is 2.61. The number of esters is 1. The lowest BCUT2D eigenvalue weighted by atomic mass is 10.1. The van der Waals surface area contributed by atoms with Gasteiger partial charge < -0.3 is 13.9 Å². The second-order valence-electron chi connectivity index (χ2n) is 6.10. The zero-order valence-corrected chi connectivity index (χ0v) is 14.7. The largest absolute Gasteiger partial charge is 0.487 e. The number of carbonyl (C=O) groups excluding carboxylic acids is 1. The molecule has 0 N–H and O–H groups in total. The van der Waals surface area contributed by atoms with Crippen molar-refractivity contribution in [2.45, 2.75) is 26.9 Å². The molecule has 2 rings (SSSR count). The Morgan fingerprint density at radius 2 is 2.00 bits per heavy atom. The van der Waals surface area contributed by atoms with E-state index < -0.39 is 5.97 Å². The van der Waals surface area contributed by atoms with E-state index in [2.05, 4.69) is 13.8 Å². The monoisotopic (exact) mass is 360 g/mol. The van der Waals surface area contributed by atoms with E-state index in [0.717, 1.165) is 6.42 Å². The number of hydrogen-bond acceptors (Lipinski definition) is 5. The molecule has 0 fully saturated rings. The Bertz CT molecular complexity index is 806. The van der Waals surface area contributed by atoms with E-state index in [1.165, 1.54) is 48.7 Å². The summed E-state index contributed by atoms with van der Waals surface area (Å²) in [5.74, 6) is -0.124. The van der Waals surface area contributed by atoms with Crippen LogP contribution in [0.15, 0.2) is 51.9 Å². The molecule has 0 aliphatic heterocycles. The Morgan fingerprint density at radius 3 is 2.65 bits per heavy atom. The third-order valence-electron chi connectivity index (χ3n) is 3.44. The number of carbonyl (C=O) groups is 1. The van der Waals surface area contributed by atoms with E-state index in [1.54, 1.807) is 0 Å². The van der Waals surface area contributed by atoms with E-state index in [4.69, 9.17) is 13.9 Å².